The van der Waals surface area contributed by atoms with Crippen LogP contribution in [0.5, 0.6) is 0 Å². The van der Waals surface area contributed by atoms with Crippen molar-refractivity contribution in [1.82, 2.24) is 0 Å². The molecule has 17 nitrogen and oxygen atoms in total. The lowest BCUT2D eigenvalue weighted by Gasteiger charge is -2.21. The van der Waals surface area contributed by atoms with E-state index in [1.165, 1.54) is 128 Å². The Hall–Kier alpha value is -1.94. The highest BCUT2D eigenvalue weighted by Gasteiger charge is 2.30. The van der Waals surface area contributed by atoms with Gasteiger partial charge in [0.05, 0.1) is 26.4 Å². The van der Waals surface area contributed by atoms with E-state index in [1.807, 2.05) is 0 Å². The number of esters is 4. The van der Waals surface area contributed by atoms with Crippen molar-refractivity contribution in [3.8, 4) is 0 Å². The zero-order valence-electron chi connectivity index (χ0n) is 55.9. The van der Waals surface area contributed by atoms with Crippen molar-refractivity contribution in [1.29, 1.82) is 0 Å². The minimum Gasteiger partial charge on any atom is -0.462 e. The Labute approximate surface area is 524 Å². The van der Waals surface area contributed by atoms with Crippen LogP contribution in [0.25, 0.3) is 0 Å². The molecule has 0 heterocycles. The average Bonchev–Trinajstić information content (AvgIpc) is 3.68. The molecule has 0 aliphatic rings. The molecule has 0 saturated heterocycles. The first-order valence-corrected chi connectivity index (χ1v) is 37.7. The van der Waals surface area contributed by atoms with E-state index in [-0.39, 0.29) is 25.7 Å². The minimum absolute atomic E-state index is 0.102. The van der Waals surface area contributed by atoms with Gasteiger partial charge in [-0.2, -0.15) is 0 Å². The van der Waals surface area contributed by atoms with Gasteiger partial charge in [0.15, 0.2) is 12.2 Å². The second-order valence-electron chi connectivity index (χ2n) is 25.9. The van der Waals surface area contributed by atoms with Crippen LogP contribution in [0.4, 0.5) is 0 Å². The standard InChI is InChI=1S/C67H130O17P2/c1-9-60(8)46-38-30-25-26-34-42-50-67(72)84-63(54-77-64(69)47-39-31-22-16-12-14-20-28-36-44-58(4)5)56-82-86(75,76)80-52-61(68)51-79-85(73,74)81-55-62(53-78-65(70)48-40-32-23-18-17-21-29-37-45-59(6)7)83-66(71)49-41-33-24-15-11-10-13-19-27-35-43-57(2)3/h57-63,68H,9-56H2,1-8H3,(H,73,74)(H,75,76)/t60?,61?,62-,63-/m1/s1. The zero-order chi connectivity index (χ0) is 63.9. The Morgan fingerprint density at radius 3 is 0.826 bits per heavy atom. The summed E-state index contributed by atoms with van der Waals surface area (Å²) in [7, 11) is -9.90. The van der Waals surface area contributed by atoms with E-state index in [1.54, 1.807) is 0 Å². The van der Waals surface area contributed by atoms with E-state index < -0.39 is 97.5 Å². The van der Waals surface area contributed by atoms with Gasteiger partial charge in [0.1, 0.15) is 19.3 Å². The van der Waals surface area contributed by atoms with Gasteiger partial charge < -0.3 is 33.8 Å². The minimum atomic E-state index is -4.95. The van der Waals surface area contributed by atoms with E-state index in [0.717, 1.165) is 114 Å². The van der Waals surface area contributed by atoms with Crippen molar-refractivity contribution in [2.45, 2.75) is 343 Å². The number of hydrogen-bond donors (Lipinski definition) is 3. The largest absolute Gasteiger partial charge is 0.472 e. The van der Waals surface area contributed by atoms with E-state index in [0.29, 0.717) is 25.7 Å². The maximum absolute atomic E-state index is 13.0. The van der Waals surface area contributed by atoms with Gasteiger partial charge >= 0.3 is 39.5 Å². The normalized spacial score (nSPS) is 14.7. The summed E-state index contributed by atoms with van der Waals surface area (Å²) in [5.74, 6) is 0.806. The molecule has 0 fully saturated rings. The van der Waals surface area contributed by atoms with Crippen molar-refractivity contribution >= 4 is 39.5 Å². The van der Waals surface area contributed by atoms with E-state index in [4.69, 9.17) is 37.0 Å². The first-order chi connectivity index (χ1) is 41.1. The van der Waals surface area contributed by atoms with Crippen LogP contribution < -0.4 is 0 Å². The quantitative estimate of drug-likeness (QED) is 0.0222. The molecule has 0 aromatic heterocycles. The summed E-state index contributed by atoms with van der Waals surface area (Å²) < 4.78 is 68.1. The molecule has 0 amide bonds. The first-order valence-electron chi connectivity index (χ1n) is 34.7. The number of unbranched alkanes of at least 4 members (excludes halogenated alkanes) is 29. The van der Waals surface area contributed by atoms with E-state index >= 15 is 0 Å². The second-order valence-corrected chi connectivity index (χ2v) is 28.8. The molecule has 6 atom stereocenters. The maximum Gasteiger partial charge on any atom is 0.472 e. The molecular weight excluding hydrogens is 1140 g/mol. The number of aliphatic hydroxyl groups is 1. The van der Waals surface area contributed by atoms with Crippen molar-refractivity contribution in [3.05, 3.63) is 0 Å². The third kappa shape index (κ3) is 59.7. The van der Waals surface area contributed by atoms with Gasteiger partial charge in [-0.15, -0.1) is 0 Å². The SMILES string of the molecule is CCC(C)CCCCCCCCC(=O)O[C@H](COC(=O)CCCCCCCCCCCC(C)C)COP(=O)(O)OCC(O)COP(=O)(O)OC[C@@H](COC(=O)CCCCCCCCCCC(C)C)OC(=O)CCCCCCCCCCCCC(C)C. The Balaban J connectivity index is 5.26. The molecule has 510 valence electrons. The number of phosphoric ester groups is 2. The Morgan fingerprint density at radius 2 is 0.558 bits per heavy atom. The molecule has 0 spiro atoms. The highest BCUT2D eigenvalue weighted by molar-refractivity contribution is 7.47. The van der Waals surface area contributed by atoms with Crippen LogP contribution in [0.2, 0.25) is 0 Å². The van der Waals surface area contributed by atoms with Crippen LogP contribution in [0.3, 0.4) is 0 Å². The van der Waals surface area contributed by atoms with Crippen molar-refractivity contribution in [2.24, 2.45) is 23.7 Å². The van der Waals surface area contributed by atoms with Crippen molar-refractivity contribution < 1.29 is 80.2 Å². The fourth-order valence-corrected chi connectivity index (χ4v) is 11.5. The number of carbonyl (C=O) groups is 4. The molecule has 0 rings (SSSR count). The summed E-state index contributed by atoms with van der Waals surface area (Å²) in [4.78, 5) is 72.4. The van der Waals surface area contributed by atoms with Gasteiger partial charge in [0.2, 0.25) is 0 Å². The molecule has 0 saturated carbocycles. The fraction of sp³-hybridized carbons (Fsp3) is 0.940. The number of ether oxygens (including phenoxy) is 4. The number of hydrogen-bond acceptors (Lipinski definition) is 15. The van der Waals surface area contributed by atoms with Gasteiger partial charge in [0.25, 0.3) is 0 Å². The molecule has 0 aromatic carbocycles. The van der Waals surface area contributed by atoms with Crippen LogP contribution in [-0.2, 0) is 65.4 Å². The number of aliphatic hydroxyl groups excluding tert-OH is 1. The average molecular weight is 1270 g/mol. The van der Waals surface area contributed by atoms with Crippen LogP contribution in [0.1, 0.15) is 325 Å². The predicted molar refractivity (Wildman–Crippen MR) is 344 cm³/mol. The lowest BCUT2D eigenvalue weighted by Crippen LogP contribution is -2.30. The third-order valence-electron chi connectivity index (χ3n) is 15.7. The predicted octanol–water partition coefficient (Wildman–Crippen LogP) is 18.5. The van der Waals surface area contributed by atoms with Gasteiger partial charge in [-0.1, -0.05) is 274 Å². The van der Waals surface area contributed by atoms with Crippen LogP contribution >= 0.6 is 15.6 Å². The molecule has 0 radical (unpaired) electrons. The fourth-order valence-electron chi connectivity index (χ4n) is 9.93. The Bertz CT molecular complexity index is 1720. The molecule has 86 heavy (non-hydrogen) atoms. The van der Waals surface area contributed by atoms with Crippen molar-refractivity contribution in [3.63, 3.8) is 0 Å². The van der Waals surface area contributed by atoms with Gasteiger partial charge in [-0.3, -0.25) is 37.3 Å². The van der Waals surface area contributed by atoms with Gasteiger partial charge in [-0.05, 0) is 49.4 Å². The van der Waals surface area contributed by atoms with Crippen molar-refractivity contribution in [2.75, 3.05) is 39.6 Å². The molecule has 0 aromatic rings. The number of carbonyl (C=O) groups excluding carboxylic acids is 4. The first kappa shape index (κ1) is 84.1. The Kier molecular flexibility index (Phi) is 55.7. The molecule has 0 aliphatic carbocycles. The van der Waals surface area contributed by atoms with Crippen LogP contribution in [-0.4, -0.2) is 96.7 Å². The lowest BCUT2D eigenvalue weighted by molar-refractivity contribution is -0.161. The molecule has 4 unspecified atom stereocenters. The molecule has 0 aliphatic heterocycles. The highest BCUT2D eigenvalue weighted by Crippen LogP contribution is 2.45. The van der Waals surface area contributed by atoms with Gasteiger partial charge in [-0.25, -0.2) is 9.13 Å². The summed E-state index contributed by atoms with van der Waals surface area (Å²) in [6.45, 7) is 14.0. The summed E-state index contributed by atoms with van der Waals surface area (Å²) in [5.41, 5.74) is 0. The third-order valence-corrected chi connectivity index (χ3v) is 17.6. The van der Waals surface area contributed by atoms with Crippen LogP contribution in [0.15, 0.2) is 0 Å². The number of phosphoric acid groups is 2. The summed E-state index contributed by atoms with van der Waals surface area (Å²) in [6.07, 6.45) is 37.6. The molecule has 19 heteroatoms. The van der Waals surface area contributed by atoms with Crippen LogP contribution in [0, 0.1) is 23.7 Å². The Morgan fingerprint density at radius 1 is 0.326 bits per heavy atom. The molecule has 0 bridgehead atoms. The summed E-state index contributed by atoms with van der Waals surface area (Å²) >= 11 is 0. The maximum atomic E-state index is 13.0. The molecular formula is C67H130O17P2. The second kappa shape index (κ2) is 57.0. The van der Waals surface area contributed by atoms with Gasteiger partial charge in [0, 0.05) is 25.7 Å². The lowest BCUT2D eigenvalue weighted by atomic mass is 10.00. The molecule has 3 N–H and O–H groups in total. The topological polar surface area (TPSA) is 237 Å². The number of rotatable bonds is 64. The van der Waals surface area contributed by atoms with E-state index in [2.05, 4.69) is 55.4 Å². The monoisotopic (exact) mass is 1270 g/mol. The highest BCUT2D eigenvalue weighted by atomic mass is 31.2. The summed E-state index contributed by atoms with van der Waals surface area (Å²) in [5, 5.41) is 10.6. The zero-order valence-corrected chi connectivity index (χ0v) is 57.7. The van der Waals surface area contributed by atoms with E-state index in [9.17, 15) is 43.2 Å². The summed E-state index contributed by atoms with van der Waals surface area (Å²) in [6, 6.07) is 0. The smallest absolute Gasteiger partial charge is 0.462 e.